The number of aromatic hydroxyl groups is 1. The third kappa shape index (κ3) is 4.55. The third-order valence-electron chi connectivity index (χ3n) is 2.09. The molecule has 2 aromatic carbocycles. The lowest BCUT2D eigenvalue weighted by atomic mass is 10.2. The van der Waals surface area contributed by atoms with E-state index in [1.54, 1.807) is 24.3 Å². The molecular formula is C13H18N2O2. The van der Waals surface area contributed by atoms with Crippen LogP contribution >= 0.6 is 0 Å². The Morgan fingerprint density at radius 3 is 2.00 bits per heavy atom. The molecule has 92 valence electrons. The van der Waals surface area contributed by atoms with Crippen LogP contribution in [0.15, 0.2) is 54.6 Å². The average Bonchev–Trinajstić information content (AvgIpc) is 2.30. The van der Waals surface area contributed by atoms with E-state index in [0.29, 0.717) is 6.61 Å². The van der Waals surface area contributed by atoms with Crippen molar-refractivity contribution in [1.82, 2.24) is 12.3 Å². The zero-order valence-corrected chi connectivity index (χ0v) is 9.67. The molecule has 0 fully saturated rings. The highest BCUT2D eigenvalue weighted by Gasteiger charge is 1.95. The predicted molar refractivity (Wildman–Crippen MR) is 68.9 cm³/mol. The van der Waals surface area contributed by atoms with Gasteiger partial charge < -0.3 is 22.1 Å². The SMILES string of the molecule is N.N.Oc1ccc(OCc2ccccc2)cc1. The van der Waals surface area contributed by atoms with Gasteiger partial charge in [0.15, 0.2) is 0 Å². The molecule has 0 saturated carbocycles. The summed E-state index contributed by atoms with van der Waals surface area (Å²) in [7, 11) is 0. The van der Waals surface area contributed by atoms with Gasteiger partial charge in [0.05, 0.1) is 0 Å². The number of phenols is 1. The molecule has 0 saturated heterocycles. The second-order valence-corrected chi connectivity index (χ2v) is 3.27. The van der Waals surface area contributed by atoms with Gasteiger partial charge in [0.2, 0.25) is 0 Å². The van der Waals surface area contributed by atoms with Crippen molar-refractivity contribution in [3.05, 3.63) is 60.2 Å². The molecule has 0 unspecified atom stereocenters. The van der Waals surface area contributed by atoms with E-state index in [1.165, 1.54) is 0 Å². The molecule has 0 spiro atoms. The molecule has 0 atom stereocenters. The van der Waals surface area contributed by atoms with E-state index in [4.69, 9.17) is 9.84 Å². The van der Waals surface area contributed by atoms with Gasteiger partial charge in [-0.2, -0.15) is 0 Å². The van der Waals surface area contributed by atoms with Crippen molar-refractivity contribution in [2.24, 2.45) is 0 Å². The summed E-state index contributed by atoms with van der Waals surface area (Å²) in [4.78, 5) is 0. The van der Waals surface area contributed by atoms with E-state index < -0.39 is 0 Å². The van der Waals surface area contributed by atoms with Crippen LogP contribution in [0, 0.1) is 0 Å². The molecule has 0 heterocycles. The van der Waals surface area contributed by atoms with Crippen LogP contribution in [0.4, 0.5) is 0 Å². The van der Waals surface area contributed by atoms with E-state index in [9.17, 15) is 0 Å². The quantitative estimate of drug-likeness (QED) is 0.758. The van der Waals surface area contributed by atoms with Gasteiger partial charge in [-0.1, -0.05) is 30.3 Å². The summed E-state index contributed by atoms with van der Waals surface area (Å²) in [6.45, 7) is 0.547. The zero-order valence-electron chi connectivity index (χ0n) is 9.67. The molecule has 17 heavy (non-hydrogen) atoms. The first-order valence-electron chi connectivity index (χ1n) is 4.80. The summed E-state index contributed by atoms with van der Waals surface area (Å²) in [5, 5.41) is 9.09. The molecule has 0 aliphatic heterocycles. The molecule has 0 aliphatic carbocycles. The molecule has 0 radical (unpaired) electrons. The minimum absolute atomic E-state index is 0. The minimum atomic E-state index is 0. The lowest BCUT2D eigenvalue weighted by molar-refractivity contribution is 0.305. The largest absolute Gasteiger partial charge is 0.508 e. The molecule has 0 bridgehead atoms. The van der Waals surface area contributed by atoms with E-state index in [1.807, 2.05) is 30.3 Å². The fraction of sp³-hybridized carbons (Fsp3) is 0.0769. The third-order valence-corrected chi connectivity index (χ3v) is 2.09. The van der Waals surface area contributed by atoms with Crippen LogP contribution in [0.1, 0.15) is 5.56 Å². The number of ether oxygens (including phenoxy) is 1. The molecule has 2 aromatic rings. The summed E-state index contributed by atoms with van der Waals surface area (Å²) < 4.78 is 5.54. The van der Waals surface area contributed by atoms with Gasteiger partial charge in [-0.25, -0.2) is 0 Å². The second kappa shape index (κ2) is 7.27. The number of rotatable bonds is 3. The maximum atomic E-state index is 9.09. The number of hydrogen-bond donors (Lipinski definition) is 3. The Labute approximate surface area is 101 Å². The van der Waals surface area contributed by atoms with Crippen molar-refractivity contribution >= 4 is 0 Å². The Morgan fingerprint density at radius 2 is 1.41 bits per heavy atom. The van der Waals surface area contributed by atoms with E-state index in [2.05, 4.69) is 0 Å². The lowest BCUT2D eigenvalue weighted by Gasteiger charge is -2.05. The molecule has 4 heteroatoms. The van der Waals surface area contributed by atoms with Crippen LogP contribution in [0.3, 0.4) is 0 Å². The molecular weight excluding hydrogens is 216 g/mol. The Balaban J connectivity index is 0.00000128. The van der Waals surface area contributed by atoms with Gasteiger partial charge in [-0.3, -0.25) is 0 Å². The summed E-state index contributed by atoms with van der Waals surface area (Å²) >= 11 is 0. The first-order chi connectivity index (χ1) is 7.34. The van der Waals surface area contributed by atoms with Gasteiger partial charge in [0.1, 0.15) is 18.1 Å². The van der Waals surface area contributed by atoms with Crippen LogP contribution in [0.5, 0.6) is 11.5 Å². The number of phenolic OH excluding ortho intramolecular Hbond substituents is 1. The van der Waals surface area contributed by atoms with Crippen molar-refractivity contribution in [3.8, 4) is 11.5 Å². The van der Waals surface area contributed by atoms with Crippen molar-refractivity contribution in [2.45, 2.75) is 6.61 Å². The van der Waals surface area contributed by atoms with E-state index in [-0.39, 0.29) is 18.1 Å². The van der Waals surface area contributed by atoms with Gasteiger partial charge in [-0.15, -0.1) is 0 Å². The van der Waals surface area contributed by atoms with Crippen LogP contribution in [0.2, 0.25) is 0 Å². The molecule has 0 aliphatic rings. The van der Waals surface area contributed by atoms with Crippen LogP contribution in [-0.2, 0) is 6.61 Å². The molecule has 4 nitrogen and oxygen atoms in total. The van der Waals surface area contributed by atoms with Crippen molar-refractivity contribution in [1.29, 1.82) is 0 Å². The topological polar surface area (TPSA) is 99.5 Å². The van der Waals surface area contributed by atoms with Crippen molar-refractivity contribution in [2.75, 3.05) is 0 Å². The summed E-state index contributed by atoms with van der Waals surface area (Å²) in [5.74, 6) is 1.01. The van der Waals surface area contributed by atoms with Crippen LogP contribution in [0.25, 0.3) is 0 Å². The van der Waals surface area contributed by atoms with Crippen LogP contribution in [-0.4, -0.2) is 5.11 Å². The van der Waals surface area contributed by atoms with Crippen molar-refractivity contribution < 1.29 is 9.84 Å². The average molecular weight is 234 g/mol. The highest BCUT2D eigenvalue weighted by molar-refractivity contribution is 5.30. The fourth-order valence-corrected chi connectivity index (χ4v) is 1.28. The maximum absolute atomic E-state index is 9.09. The summed E-state index contributed by atoms with van der Waals surface area (Å²) in [6.07, 6.45) is 0. The van der Waals surface area contributed by atoms with Gasteiger partial charge in [0, 0.05) is 0 Å². The molecule has 7 N–H and O–H groups in total. The summed E-state index contributed by atoms with van der Waals surface area (Å²) in [6, 6.07) is 16.7. The Hall–Kier alpha value is -2.04. The fourth-order valence-electron chi connectivity index (χ4n) is 1.28. The highest BCUT2D eigenvalue weighted by Crippen LogP contribution is 2.17. The van der Waals surface area contributed by atoms with Crippen molar-refractivity contribution in [3.63, 3.8) is 0 Å². The van der Waals surface area contributed by atoms with Crippen LogP contribution < -0.4 is 17.0 Å². The first-order valence-corrected chi connectivity index (χ1v) is 4.80. The number of hydrogen-bond acceptors (Lipinski definition) is 4. The first kappa shape index (κ1) is 15.0. The second-order valence-electron chi connectivity index (χ2n) is 3.27. The highest BCUT2D eigenvalue weighted by atomic mass is 16.5. The monoisotopic (exact) mass is 234 g/mol. The Kier molecular flexibility index (Phi) is 6.40. The zero-order chi connectivity index (χ0) is 10.5. The molecule has 0 aromatic heterocycles. The van der Waals surface area contributed by atoms with Gasteiger partial charge in [0.25, 0.3) is 0 Å². The normalized spacial score (nSPS) is 8.71. The standard InChI is InChI=1S/C13H12O2.2H3N/c14-12-6-8-13(9-7-12)15-10-11-4-2-1-3-5-11;;/h1-9,14H,10H2;2*1H3. The smallest absolute Gasteiger partial charge is 0.120 e. The maximum Gasteiger partial charge on any atom is 0.120 e. The molecule has 0 amide bonds. The number of benzene rings is 2. The van der Waals surface area contributed by atoms with E-state index in [0.717, 1.165) is 11.3 Å². The summed E-state index contributed by atoms with van der Waals surface area (Å²) in [5.41, 5.74) is 1.13. The Morgan fingerprint density at radius 1 is 0.824 bits per heavy atom. The van der Waals surface area contributed by atoms with E-state index >= 15 is 0 Å². The van der Waals surface area contributed by atoms with Gasteiger partial charge in [-0.05, 0) is 29.8 Å². The molecule has 2 rings (SSSR count). The minimum Gasteiger partial charge on any atom is -0.508 e. The lowest BCUT2D eigenvalue weighted by Crippen LogP contribution is -1.94. The Bertz CT molecular complexity index is 415. The predicted octanol–water partition coefficient (Wildman–Crippen LogP) is 3.30. The van der Waals surface area contributed by atoms with Gasteiger partial charge >= 0.3 is 0 Å².